The van der Waals surface area contributed by atoms with Crippen molar-refractivity contribution in [1.29, 1.82) is 0 Å². The first-order valence-corrected chi connectivity index (χ1v) is 8.19. The van der Waals surface area contributed by atoms with Crippen molar-refractivity contribution in [1.82, 2.24) is 15.3 Å². The molecule has 1 aliphatic rings. The van der Waals surface area contributed by atoms with Gasteiger partial charge in [0.2, 0.25) is 0 Å². The molecular formula is C15H23N3S. The minimum atomic E-state index is 0.865. The Bertz CT molecular complexity index is 400. The van der Waals surface area contributed by atoms with E-state index in [2.05, 4.69) is 28.3 Å². The Kier molecular flexibility index (Phi) is 6.37. The Morgan fingerprint density at radius 2 is 2.11 bits per heavy atom. The fourth-order valence-electron chi connectivity index (χ4n) is 2.25. The lowest BCUT2D eigenvalue weighted by Crippen LogP contribution is -2.16. The monoisotopic (exact) mass is 277 g/mol. The molecule has 0 spiro atoms. The molecule has 0 amide bonds. The maximum Gasteiger partial charge on any atom is 0.187 e. The van der Waals surface area contributed by atoms with Gasteiger partial charge in [-0.2, -0.15) is 0 Å². The van der Waals surface area contributed by atoms with E-state index in [-0.39, 0.29) is 0 Å². The summed E-state index contributed by atoms with van der Waals surface area (Å²) in [7, 11) is 0. The van der Waals surface area contributed by atoms with Crippen molar-refractivity contribution >= 4 is 11.8 Å². The lowest BCUT2D eigenvalue weighted by atomic mass is 9.97. The van der Waals surface area contributed by atoms with Crippen LogP contribution in [0.25, 0.3) is 0 Å². The number of nitrogens with zero attached hydrogens (tertiary/aromatic N) is 2. The molecule has 4 heteroatoms. The van der Waals surface area contributed by atoms with Gasteiger partial charge in [-0.1, -0.05) is 30.3 Å². The van der Waals surface area contributed by atoms with Gasteiger partial charge in [0.1, 0.15) is 0 Å². The second-order valence-electron chi connectivity index (χ2n) is 4.84. The summed E-state index contributed by atoms with van der Waals surface area (Å²) in [5.41, 5.74) is 2.79. The first kappa shape index (κ1) is 14.5. The van der Waals surface area contributed by atoms with Crippen LogP contribution < -0.4 is 5.32 Å². The summed E-state index contributed by atoms with van der Waals surface area (Å²) in [6.07, 6.45) is 12.8. The van der Waals surface area contributed by atoms with Gasteiger partial charge in [-0.05, 0) is 44.4 Å². The van der Waals surface area contributed by atoms with Gasteiger partial charge in [-0.25, -0.2) is 9.97 Å². The molecule has 2 rings (SSSR count). The summed E-state index contributed by atoms with van der Waals surface area (Å²) < 4.78 is 0. The largest absolute Gasteiger partial charge is 0.312 e. The van der Waals surface area contributed by atoms with Gasteiger partial charge in [-0.15, -0.1) is 0 Å². The van der Waals surface area contributed by atoms with Crippen molar-refractivity contribution in [3.05, 3.63) is 29.6 Å². The summed E-state index contributed by atoms with van der Waals surface area (Å²) in [6.45, 7) is 4.03. The second kappa shape index (κ2) is 8.33. The van der Waals surface area contributed by atoms with Crippen LogP contribution in [0.4, 0.5) is 0 Å². The van der Waals surface area contributed by atoms with Gasteiger partial charge < -0.3 is 5.32 Å². The molecule has 0 saturated carbocycles. The number of hydrogen-bond acceptors (Lipinski definition) is 4. The molecule has 0 atom stereocenters. The van der Waals surface area contributed by atoms with E-state index in [4.69, 9.17) is 0 Å². The van der Waals surface area contributed by atoms with Crippen LogP contribution in [0.1, 0.15) is 44.6 Å². The zero-order valence-electron chi connectivity index (χ0n) is 11.7. The number of hydrogen-bond donors (Lipinski definition) is 1. The Hall–Kier alpha value is -0.870. The van der Waals surface area contributed by atoms with Crippen LogP contribution >= 0.6 is 11.8 Å². The average Bonchev–Trinajstić information content (AvgIpc) is 2.47. The third-order valence-corrected chi connectivity index (χ3v) is 4.05. The zero-order valence-corrected chi connectivity index (χ0v) is 12.5. The summed E-state index contributed by atoms with van der Waals surface area (Å²) >= 11 is 1.68. The van der Waals surface area contributed by atoms with Crippen molar-refractivity contribution in [3.8, 4) is 0 Å². The van der Waals surface area contributed by atoms with Crippen molar-refractivity contribution in [2.45, 2.75) is 50.7 Å². The number of aromatic nitrogens is 2. The lowest BCUT2D eigenvalue weighted by molar-refractivity contribution is 0.630. The Labute approximate surface area is 120 Å². The molecule has 0 saturated heterocycles. The van der Waals surface area contributed by atoms with Gasteiger partial charge >= 0.3 is 0 Å². The molecular weight excluding hydrogens is 254 g/mol. The molecule has 0 bridgehead atoms. The predicted octanol–water partition coefficient (Wildman–Crippen LogP) is 3.57. The third-order valence-electron chi connectivity index (χ3n) is 3.29. The highest BCUT2D eigenvalue weighted by atomic mass is 32.2. The van der Waals surface area contributed by atoms with Gasteiger partial charge in [0.25, 0.3) is 0 Å². The van der Waals surface area contributed by atoms with Crippen molar-refractivity contribution in [2.75, 3.05) is 12.3 Å². The molecule has 1 aromatic rings. The molecule has 1 heterocycles. The van der Waals surface area contributed by atoms with Gasteiger partial charge in [0.15, 0.2) is 5.16 Å². The third kappa shape index (κ3) is 5.33. The quantitative estimate of drug-likeness (QED) is 0.358. The average molecular weight is 277 g/mol. The van der Waals surface area contributed by atoms with E-state index in [0.717, 1.165) is 29.6 Å². The smallest absolute Gasteiger partial charge is 0.187 e. The summed E-state index contributed by atoms with van der Waals surface area (Å²) in [6, 6.07) is 0. The van der Waals surface area contributed by atoms with Crippen LogP contribution in [0.15, 0.2) is 29.2 Å². The Morgan fingerprint density at radius 1 is 1.26 bits per heavy atom. The molecule has 1 aliphatic carbocycles. The Balaban J connectivity index is 1.66. The van der Waals surface area contributed by atoms with E-state index >= 15 is 0 Å². The first-order chi connectivity index (χ1) is 9.38. The summed E-state index contributed by atoms with van der Waals surface area (Å²) in [4.78, 5) is 8.67. The van der Waals surface area contributed by atoms with Gasteiger partial charge in [-0.3, -0.25) is 0 Å². The first-order valence-electron chi connectivity index (χ1n) is 7.21. The van der Waals surface area contributed by atoms with Crippen LogP contribution in [0.2, 0.25) is 0 Å². The van der Waals surface area contributed by atoms with Crippen LogP contribution in [0.3, 0.4) is 0 Å². The minimum Gasteiger partial charge on any atom is -0.312 e. The standard InChI is InChI=1S/C15H23N3S/c1-2-19-15-17-11-14(12-18-15)10-16-9-8-13-6-4-3-5-7-13/h6,11-12,16H,2-5,7-10H2,1H3. The van der Waals surface area contributed by atoms with Crippen LogP contribution in [-0.4, -0.2) is 22.3 Å². The SMILES string of the molecule is CCSc1ncc(CNCCC2=CCCCC2)cn1. The summed E-state index contributed by atoms with van der Waals surface area (Å²) in [5, 5.41) is 4.35. The lowest BCUT2D eigenvalue weighted by Gasteiger charge is -2.12. The maximum absolute atomic E-state index is 4.34. The highest BCUT2D eigenvalue weighted by Gasteiger charge is 2.03. The fraction of sp³-hybridized carbons (Fsp3) is 0.600. The fourth-order valence-corrected chi connectivity index (χ4v) is 2.76. The van der Waals surface area contributed by atoms with Crippen molar-refractivity contribution < 1.29 is 0 Å². The van der Waals surface area contributed by atoms with Gasteiger partial charge in [0.05, 0.1) is 0 Å². The topological polar surface area (TPSA) is 37.8 Å². The summed E-state index contributed by atoms with van der Waals surface area (Å²) in [5.74, 6) is 1.02. The van der Waals surface area contributed by atoms with Crippen LogP contribution in [0, 0.1) is 0 Å². The molecule has 0 fully saturated rings. The van der Waals surface area contributed by atoms with E-state index in [1.165, 1.54) is 32.1 Å². The molecule has 104 valence electrons. The van der Waals surface area contributed by atoms with E-state index < -0.39 is 0 Å². The molecule has 1 aromatic heterocycles. The van der Waals surface area contributed by atoms with Crippen molar-refractivity contribution in [2.24, 2.45) is 0 Å². The van der Waals surface area contributed by atoms with E-state index in [1.807, 2.05) is 12.4 Å². The molecule has 0 aliphatic heterocycles. The van der Waals surface area contributed by atoms with Gasteiger partial charge in [0, 0.05) is 24.5 Å². The number of allylic oxidation sites excluding steroid dienone is 1. The molecule has 19 heavy (non-hydrogen) atoms. The zero-order chi connectivity index (χ0) is 13.3. The maximum atomic E-state index is 4.34. The normalized spacial score (nSPS) is 15.3. The molecule has 1 N–H and O–H groups in total. The number of rotatable bonds is 7. The van der Waals surface area contributed by atoms with Crippen LogP contribution in [-0.2, 0) is 6.54 Å². The predicted molar refractivity (Wildman–Crippen MR) is 81.3 cm³/mol. The van der Waals surface area contributed by atoms with Crippen LogP contribution in [0.5, 0.6) is 0 Å². The van der Waals surface area contributed by atoms with E-state index in [9.17, 15) is 0 Å². The molecule has 0 radical (unpaired) electrons. The molecule has 0 aromatic carbocycles. The number of thioether (sulfide) groups is 1. The number of nitrogens with one attached hydrogen (secondary N) is 1. The molecule has 3 nitrogen and oxygen atoms in total. The minimum absolute atomic E-state index is 0.865. The highest BCUT2D eigenvalue weighted by molar-refractivity contribution is 7.99. The van der Waals surface area contributed by atoms with Crippen molar-refractivity contribution in [3.63, 3.8) is 0 Å². The highest BCUT2D eigenvalue weighted by Crippen LogP contribution is 2.19. The second-order valence-corrected chi connectivity index (χ2v) is 6.07. The van der Waals surface area contributed by atoms with E-state index in [0.29, 0.717) is 0 Å². The van der Waals surface area contributed by atoms with E-state index in [1.54, 1.807) is 17.3 Å². The molecule has 0 unspecified atom stereocenters. The Morgan fingerprint density at radius 3 is 2.79 bits per heavy atom.